The number of rotatable bonds is 3. The molecule has 0 fully saturated rings. The maximum atomic E-state index is 12.2. The van der Waals surface area contributed by atoms with Crippen LogP contribution in [0.15, 0.2) is 16.0 Å². The zero-order valence-electron chi connectivity index (χ0n) is 11.7. The number of fused-ring (bicyclic) bond motifs is 1. The van der Waals surface area contributed by atoms with Gasteiger partial charge in [0.15, 0.2) is 10.8 Å². The second kappa shape index (κ2) is 5.62. The number of aromatic amines is 1. The molecular weight excluding hydrogens is 278 g/mol. The lowest BCUT2D eigenvalue weighted by molar-refractivity contribution is 0.0602. The minimum Gasteiger partial charge on any atom is -0.465 e. The number of pyridine rings is 1. The Labute approximate surface area is 120 Å². The van der Waals surface area contributed by atoms with Crippen LogP contribution in [0.2, 0.25) is 0 Å². The molecule has 0 atom stereocenters. The van der Waals surface area contributed by atoms with Gasteiger partial charge in [-0.2, -0.15) is 0 Å². The Bertz CT molecular complexity index is 725. The molecule has 0 saturated carbocycles. The lowest BCUT2D eigenvalue weighted by Crippen LogP contribution is -2.16. The highest BCUT2D eigenvalue weighted by molar-refractivity contribution is 7.99. The number of hydrogen-bond acceptors (Lipinski definition) is 6. The average molecular weight is 293 g/mol. The smallest absolute Gasteiger partial charge is 0.338 e. The van der Waals surface area contributed by atoms with Gasteiger partial charge in [-0.1, -0.05) is 25.6 Å². The van der Waals surface area contributed by atoms with E-state index in [0.29, 0.717) is 10.9 Å². The second-order valence-electron chi connectivity index (χ2n) is 4.54. The number of carbonyl (C=O) groups excluding carboxylic acids is 1. The lowest BCUT2D eigenvalue weighted by atomic mass is 10.1. The Kier molecular flexibility index (Phi) is 4.08. The molecule has 0 radical (unpaired) electrons. The van der Waals surface area contributed by atoms with Gasteiger partial charge in [-0.25, -0.2) is 14.8 Å². The highest BCUT2D eigenvalue weighted by Gasteiger charge is 2.17. The first-order valence-corrected chi connectivity index (χ1v) is 6.97. The van der Waals surface area contributed by atoms with Crippen LogP contribution in [0.1, 0.15) is 29.9 Å². The van der Waals surface area contributed by atoms with Crippen LogP contribution >= 0.6 is 11.8 Å². The van der Waals surface area contributed by atoms with Gasteiger partial charge in [0.05, 0.1) is 18.1 Å². The van der Waals surface area contributed by atoms with E-state index in [-0.39, 0.29) is 27.4 Å². The molecule has 0 amide bonds. The quantitative estimate of drug-likeness (QED) is 0.528. The molecule has 6 nitrogen and oxygen atoms in total. The van der Waals surface area contributed by atoms with Gasteiger partial charge in [0.2, 0.25) is 0 Å². The predicted molar refractivity (Wildman–Crippen MR) is 77.2 cm³/mol. The Morgan fingerprint density at radius 3 is 2.70 bits per heavy atom. The van der Waals surface area contributed by atoms with E-state index in [0.717, 1.165) is 0 Å². The van der Waals surface area contributed by atoms with Crippen molar-refractivity contribution < 1.29 is 9.53 Å². The van der Waals surface area contributed by atoms with E-state index in [9.17, 15) is 9.59 Å². The number of H-pyrrole nitrogens is 1. The van der Waals surface area contributed by atoms with Crippen molar-refractivity contribution in [2.45, 2.75) is 31.2 Å². The summed E-state index contributed by atoms with van der Waals surface area (Å²) in [4.78, 5) is 35.1. The molecular formula is C13H15N3O3S. The van der Waals surface area contributed by atoms with Crippen molar-refractivity contribution in [2.24, 2.45) is 0 Å². The summed E-state index contributed by atoms with van der Waals surface area (Å²) in [5, 5.41) is 0.933. The predicted octanol–water partition coefficient (Wildman–Crippen LogP) is 1.91. The number of thioether (sulfide) groups is 1. The molecule has 0 aromatic carbocycles. The molecule has 0 aliphatic rings. The average Bonchev–Trinajstić information content (AvgIpc) is 2.35. The van der Waals surface area contributed by atoms with Gasteiger partial charge >= 0.3 is 5.97 Å². The first-order valence-electron chi connectivity index (χ1n) is 6.09. The van der Waals surface area contributed by atoms with Crippen molar-refractivity contribution in [3.05, 3.63) is 27.7 Å². The highest BCUT2D eigenvalue weighted by atomic mass is 32.2. The van der Waals surface area contributed by atoms with Gasteiger partial charge in [-0.3, -0.25) is 4.79 Å². The number of carbonyl (C=O) groups is 1. The van der Waals surface area contributed by atoms with Crippen LogP contribution in [-0.4, -0.2) is 33.3 Å². The Morgan fingerprint density at radius 1 is 1.40 bits per heavy atom. The Balaban J connectivity index is 2.73. The summed E-state index contributed by atoms with van der Waals surface area (Å²) < 4.78 is 4.70. The number of esters is 1. The van der Waals surface area contributed by atoms with E-state index in [1.807, 2.05) is 13.8 Å². The first kappa shape index (κ1) is 14.5. The van der Waals surface area contributed by atoms with Crippen molar-refractivity contribution in [1.29, 1.82) is 0 Å². The van der Waals surface area contributed by atoms with E-state index >= 15 is 0 Å². The molecule has 20 heavy (non-hydrogen) atoms. The van der Waals surface area contributed by atoms with Crippen LogP contribution in [0.5, 0.6) is 0 Å². The minimum atomic E-state index is -0.572. The van der Waals surface area contributed by atoms with Crippen molar-refractivity contribution in [3.8, 4) is 0 Å². The van der Waals surface area contributed by atoms with E-state index < -0.39 is 5.97 Å². The zero-order chi connectivity index (χ0) is 14.9. The summed E-state index contributed by atoms with van der Waals surface area (Å²) in [5.74, 6) is -0.572. The molecule has 0 spiro atoms. The number of ether oxygens (including phenoxy) is 1. The maximum Gasteiger partial charge on any atom is 0.338 e. The van der Waals surface area contributed by atoms with Gasteiger partial charge in [0, 0.05) is 10.9 Å². The fraction of sp³-hybridized carbons (Fsp3) is 0.385. The molecule has 0 unspecified atom stereocenters. The SMILES string of the molecule is COC(=O)c1cc(C)nc2nc(SC(C)C)[nH]c(=O)c12. The van der Waals surface area contributed by atoms with Crippen LogP contribution in [0.3, 0.4) is 0 Å². The van der Waals surface area contributed by atoms with Crippen LogP contribution < -0.4 is 5.56 Å². The van der Waals surface area contributed by atoms with Crippen LogP contribution in [0.4, 0.5) is 0 Å². The molecule has 2 rings (SSSR count). The summed E-state index contributed by atoms with van der Waals surface area (Å²) in [6.07, 6.45) is 0. The highest BCUT2D eigenvalue weighted by Crippen LogP contribution is 2.20. The van der Waals surface area contributed by atoms with Crippen molar-refractivity contribution in [2.75, 3.05) is 7.11 Å². The molecule has 0 aliphatic carbocycles. The lowest BCUT2D eigenvalue weighted by Gasteiger charge is -2.07. The largest absolute Gasteiger partial charge is 0.465 e. The number of nitrogens with zero attached hydrogens (tertiary/aromatic N) is 2. The van der Waals surface area contributed by atoms with Gasteiger partial charge in [-0.05, 0) is 13.0 Å². The van der Waals surface area contributed by atoms with E-state index in [4.69, 9.17) is 4.74 Å². The van der Waals surface area contributed by atoms with E-state index in [1.54, 1.807) is 6.92 Å². The van der Waals surface area contributed by atoms with E-state index in [1.165, 1.54) is 24.9 Å². The molecule has 2 aromatic rings. The normalized spacial score (nSPS) is 11.1. The third-order valence-electron chi connectivity index (χ3n) is 2.54. The number of hydrogen-bond donors (Lipinski definition) is 1. The first-order chi connectivity index (χ1) is 9.42. The van der Waals surface area contributed by atoms with Gasteiger partial charge in [-0.15, -0.1) is 0 Å². The summed E-state index contributed by atoms with van der Waals surface area (Å²) in [5.41, 5.74) is 0.671. The number of methoxy groups -OCH3 is 1. The molecule has 106 valence electrons. The fourth-order valence-electron chi connectivity index (χ4n) is 1.80. The van der Waals surface area contributed by atoms with Gasteiger partial charge in [0.1, 0.15) is 0 Å². The standard InChI is InChI=1S/C13H15N3O3S/c1-6(2)20-13-15-10-9(11(17)16-13)8(12(18)19-4)5-7(3)14-10/h5-6H,1-4H3,(H,14,15,16,17). The third-order valence-corrected chi connectivity index (χ3v) is 3.42. The summed E-state index contributed by atoms with van der Waals surface area (Å²) in [7, 11) is 1.27. The summed E-state index contributed by atoms with van der Waals surface area (Å²) >= 11 is 1.43. The van der Waals surface area contributed by atoms with E-state index in [2.05, 4.69) is 15.0 Å². The maximum absolute atomic E-state index is 12.2. The minimum absolute atomic E-state index is 0.163. The van der Waals surface area contributed by atoms with Crippen molar-refractivity contribution in [3.63, 3.8) is 0 Å². The molecule has 2 heterocycles. The monoisotopic (exact) mass is 293 g/mol. The third kappa shape index (κ3) is 2.82. The van der Waals surface area contributed by atoms with Crippen LogP contribution in [0.25, 0.3) is 11.0 Å². The summed E-state index contributed by atoms with van der Waals surface area (Å²) in [6, 6.07) is 1.53. The van der Waals surface area contributed by atoms with Gasteiger partial charge < -0.3 is 9.72 Å². The Morgan fingerprint density at radius 2 is 2.10 bits per heavy atom. The molecule has 0 bridgehead atoms. The van der Waals surface area contributed by atoms with Crippen LogP contribution in [-0.2, 0) is 4.74 Å². The van der Waals surface area contributed by atoms with Gasteiger partial charge in [0.25, 0.3) is 5.56 Å². The molecule has 7 heteroatoms. The molecule has 0 saturated heterocycles. The van der Waals surface area contributed by atoms with Crippen LogP contribution in [0, 0.1) is 6.92 Å². The molecule has 0 aliphatic heterocycles. The topological polar surface area (TPSA) is 84.9 Å². The summed E-state index contributed by atoms with van der Waals surface area (Å²) in [6.45, 7) is 5.74. The van der Waals surface area contributed by atoms with Crippen molar-refractivity contribution in [1.82, 2.24) is 15.0 Å². The number of aryl methyl sites for hydroxylation is 1. The van der Waals surface area contributed by atoms with Crippen molar-refractivity contribution >= 4 is 28.8 Å². The number of nitrogens with one attached hydrogen (secondary N) is 1. The molecule has 2 aromatic heterocycles. The zero-order valence-corrected chi connectivity index (χ0v) is 12.5. The number of aromatic nitrogens is 3. The second-order valence-corrected chi connectivity index (χ2v) is 6.10. The fourth-order valence-corrected chi connectivity index (χ4v) is 2.53. The Hall–Kier alpha value is -1.89. The molecule has 1 N–H and O–H groups in total.